The van der Waals surface area contributed by atoms with E-state index in [1.165, 1.54) is 11.8 Å². The van der Waals surface area contributed by atoms with E-state index >= 15 is 0 Å². The van der Waals surface area contributed by atoms with Crippen LogP contribution in [0.5, 0.6) is 0 Å². The fourth-order valence-corrected chi connectivity index (χ4v) is 1.13. The standard InChI is InChI=1S/C5H8N4OS/c6-4(9-10)3-11-5-7-1-2-8-5/h1-2,10H,3H2,(H2,6,9)(H,7,8). The first-order chi connectivity index (χ1) is 5.33. The second kappa shape index (κ2) is 3.87. The largest absolute Gasteiger partial charge is 0.409 e. The summed E-state index contributed by atoms with van der Waals surface area (Å²) in [5, 5.41) is 11.8. The van der Waals surface area contributed by atoms with E-state index < -0.39 is 0 Å². The molecular weight excluding hydrogens is 164 g/mol. The number of thioether (sulfide) groups is 1. The molecule has 0 saturated heterocycles. The van der Waals surface area contributed by atoms with E-state index in [1.54, 1.807) is 12.4 Å². The zero-order valence-corrected chi connectivity index (χ0v) is 6.51. The lowest BCUT2D eigenvalue weighted by molar-refractivity contribution is 0.318. The van der Waals surface area contributed by atoms with Gasteiger partial charge in [-0.25, -0.2) is 4.98 Å². The first-order valence-electron chi connectivity index (χ1n) is 2.91. The maximum Gasteiger partial charge on any atom is 0.165 e. The lowest BCUT2D eigenvalue weighted by atomic mass is 10.7. The molecule has 0 aliphatic heterocycles. The maximum absolute atomic E-state index is 8.18. The molecule has 1 aromatic rings. The lowest BCUT2D eigenvalue weighted by Crippen LogP contribution is -2.14. The van der Waals surface area contributed by atoms with Gasteiger partial charge in [0.1, 0.15) is 5.84 Å². The molecule has 0 fully saturated rings. The van der Waals surface area contributed by atoms with Crippen LogP contribution < -0.4 is 5.73 Å². The Bertz CT molecular complexity index is 233. The molecule has 1 rings (SSSR count). The number of nitrogens with zero attached hydrogens (tertiary/aromatic N) is 2. The summed E-state index contributed by atoms with van der Waals surface area (Å²) in [5.41, 5.74) is 5.23. The SMILES string of the molecule is N/C(CSc1ncc[nH]1)=N/O. The number of aromatic amines is 1. The molecule has 0 saturated carbocycles. The molecule has 6 heteroatoms. The number of aromatic nitrogens is 2. The molecule has 1 heterocycles. The lowest BCUT2D eigenvalue weighted by Gasteiger charge is -1.93. The number of nitrogens with one attached hydrogen (secondary N) is 1. The van der Waals surface area contributed by atoms with Crippen LogP contribution >= 0.6 is 11.8 Å². The number of H-pyrrole nitrogens is 1. The van der Waals surface area contributed by atoms with Gasteiger partial charge in [0.15, 0.2) is 5.16 Å². The highest BCUT2D eigenvalue weighted by molar-refractivity contribution is 7.99. The summed E-state index contributed by atoms with van der Waals surface area (Å²) in [6.45, 7) is 0. The van der Waals surface area contributed by atoms with Gasteiger partial charge in [0, 0.05) is 12.4 Å². The highest BCUT2D eigenvalue weighted by atomic mass is 32.2. The first kappa shape index (κ1) is 7.93. The highest BCUT2D eigenvalue weighted by Gasteiger charge is 1.97. The maximum atomic E-state index is 8.18. The van der Waals surface area contributed by atoms with Crippen LogP contribution in [0.15, 0.2) is 22.7 Å². The van der Waals surface area contributed by atoms with Crippen molar-refractivity contribution >= 4 is 17.6 Å². The number of oxime groups is 1. The monoisotopic (exact) mass is 172 g/mol. The molecule has 0 radical (unpaired) electrons. The predicted molar refractivity (Wildman–Crippen MR) is 42.7 cm³/mol. The minimum atomic E-state index is 0.186. The third-order valence-corrected chi connectivity index (χ3v) is 1.90. The van der Waals surface area contributed by atoms with Crippen LogP contribution in [-0.2, 0) is 0 Å². The van der Waals surface area contributed by atoms with E-state index in [1.807, 2.05) is 0 Å². The van der Waals surface area contributed by atoms with E-state index in [0.29, 0.717) is 5.75 Å². The van der Waals surface area contributed by atoms with Crippen molar-refractivity contribution in [1.29, 1.82) is 0 Å². The van der Waals surface area contributed by atoms with Gasteiger partial charge in [0.25, 0.3) is 0 Å². The number of hydrogen-bond donors (Lipinski definition) is 3. The Morgan fingerprint density at radius 3 is 3.27 bits per heavy atom. The van der Waals surface area contributed by atoms with E-state index in [0.717, 1.165) is 5.16 Å². The van der Waals surface area contributed by atoms with Crippen LogP contribution in [0.2, 0.25) is 0 Å². The van der Waals surface area contributed by atoms with Crippen molar-refractivity contribution in [3.05, 3.63) is 12.4 Å². The molecule has 11 heavy (non-hydrogen) atoms. The summed E-state index contributed by atoms with van der Waals surface area (Å²) >= 11 is 1.38. The van der Waals surface area contributed by atoms with Gasteiger partial charge in [0.05, 0.1) is 5.75 Å². The Labute approximate surface area is 67.7 Å². The summed E-state index contributed by atoms with van der Waals surface area (Å²) in [7, 11) is 0. The number of rotatable bonds is 3. The molecule has 0 unspecified atom stereocenters. The Morgan fingerprint density at radius 1 is 1.91 bits per heavy atom. The Morgan fingerprint density at radius 2 is 2.73 bits per heavy atom. The van der Waals surface area contributed by atoms with Crippen molar-refractivity contribution in [2.75, 3.05) is 5.75 Å². The second-order valence-electron chi connectivity index (χ2n) is 1.77. The van der Waals surface area contributed by atoms with E-state index in [-0.39, 0.29) is 5.84 Å². The fraction of sp³-hybridized carbons (Fsp3) is 0.200. The quantitative estimate of drug-likeness (QED) is 0.200. The van der Waals surface area contributed by atoms with Crippen LogP contribution in [0.3, 0.4) is 0 Å². The van der Waals surface area contributed by atoms with Crippen LogP contribution in [0.4, 0.5) is 0 Å². The van der Waals surface area contributed by atoms with Crippen molar-refractivity contribution in [2.45, 2.75) is 5.16 Å². The van der Waals surface area contributed by atoms with Crippen LogP contribution in [0.25, 0.3) is 0 Å². The van der Waals surface area contributed by atoms with Gasteiger partial charge < -0.3 is 15.9 Å². The average Bonchev–Trinajstić information content (AvgIpc) is 2.52. The van der Waals surface area contributed by atoms with Crippen molar-refractivity contribution in [3.8, 4) is 0 Å². The third-order valence-electron chi connectivity index (χ3n) is 0.958. The van der Waals surface area contributed by atoms with Crippen LogP contribution in [-0.4, -0.2) is 26.8 Å². The third kappa shape index (κ3) is 2.50. The molecule has 4 N–H and O–H groups in total. The molecule has 0 spiro atoms. The summed E-state index contributed by atoms with van der Waals surface area (Å²) in [6, 6.07) is 0. The normalized spacial score (nSPS) is 11.8. The van der Waals surface area contributed by atoms with E-state index in [9.17, 15) is 0 Å². The van der Waals surface area contributed by atoms with Gasteiger partial charge >= 0.3 is 0 Å². The Balaban J connectivity index is 2.35. The van der Waals surface area contributed by atoms with Crippen molar-refractivity contribution in [1.82, 2.24) is 9.97 Å². The number of nitrogens with two attached hydrogens (primary N) is 1. The van der Waals surface area contributed by atoms with E-state index in [4.69, 9.17) is 10.9 Å². The molecule has 1 aromatic heterocycles. The van der Waals surface area contributed by atoms with Gasteiger partial charge in [-0.3, -0.25) is 0 Å². The van der Waals surface area contributed by atoms with Gasteiger partial charge in [-0.1, -0.05) is 16.9 Å². The van der Waals surface area contributed by atoms with Gasteiger partial charge in [0.2, 0.25) is 0 Å². The molecule has 0 atom stereocenters. The topological polar surface area (TPSA) is 87.3 Å². The number of imidazole rings is 1. The average molecular weight is 172 g/mol. The molecule has 60 valence electrons. The number of amidine groups is 1. The summed E-state index contributed by atoms with van der Waals surface area (Å²) in [6.07, 6.45) is 3.36. The van der Waals surface area contributed by atoms with Crippen molar-refractivity contribution in [3.63, 3.8) is 0 Å². The van der Waals surface area contributed by atoms with Crippen molar-refractivity contribution < 1.29 is 5.21 Å². The molecule has 0 amide bonds. The minimum Gasteiger partial charge on any atom is -0.409 e. The van der Waals surface area contributed by atoms with Gasteiger partial charge in [-0.15, -0.1) is 0 Å². The molecule has 0 aromatic carbocycles. The Kier molecular flexibility index (Phi) is 2.79. The fourth-order valence-electron chi connectivity index (χ4n) is 0.501. The summed E-state index contributed by atoms with van der Waals surface area (Å²) in [5.74, 6) is 0.621. The Hall–Kier alpha value is -1.17. The highest BCUT2D eigenvalue weighted by Crippen LogP contribution is 2.09. The van der Waals surface area contributed by atoms with Crippen LogP contribution in [0, 0.1) is 0 Å². The molecule has 0 aliphatic carbocycles. The zero-order valence-electron chi connectivity index (χ0n) is 5.69. The molecule has 0 aliphatic rings. The second-order valence-corrected chi connectivity index (χ2v) is 2.74. The van der Waals surface area contributed by atoms with Crippen LogP contribution in [0.1, 0.15) is 0 Å². The smallest absolute Gasteiger partial charge is 0.165 e. The summed E-state index contributed by atoms with van der Waals surface area (Å²) < 4.78 is 0. The van der Waals surface area contributed by atoms with Gasteiger partial charge in [-0.2, -0.15) is 0 Å². The molecule has 5 nitrogen and oxygen atoms in total. The van der Waals surface area contributed by atoms with Crippen molar-refractivity contribution in [2.24, 2.45) is 10.9 Å². The minimum absolute atomic E-state index is 0.186. The molecular formula is C5H8N4OS. The first-order valence-corrected chi connectivity index (χ1v) is 3.90. The summed E-state index contributed by atoms with van der Waals surface area (Å²) in [4.78, 5) is 6.81. The number of hydrogen-bond acceptors (Lipinski definition) is 4. The predicted octanol–water partition coefficient (Wildman–Crippen LogP) is 0.248. The molecule has 0 bridgehead atoms. The van der Waals surface area contributed by atoms with Gasteiger partial charge in [-0.05, 0) is 0 Å². The zero-order chi connectivity index (χ0) is 8.10. The van der Waals surface area contributed by atoms with E-state index in [2.05, 4.69) is 15.1 Å².